The van der Waals surface area contributed by atoms with Crippen molar-refractivity contribution in [2.75, 3.05) is 36.5 Å². The van der Waals surface area contributed by atoms with Gasteiger partial charge in [-0.1, -0.05) is 12.1 Å². The molecule has 0 aliphatic carbocycles. The van der Waals surface area contributed by atoms with E-state index in [-0.39, 0.29) is 11.7 Å². The molecule has 1 aliphatic heterocycles. The third kappa shape index (κ3) is 3.43. The van der Waals surface area contributed by atoms with E-state index in [0.29, 0.717) is 24.6 Å². The first kappa shape index (κ1) is 15.3. The maximum atomic E-state index is 12.4. The van der Waals surface area contributed by atoms with E-state index < -0.39 is 0 Å². The molecule has 0 saturated carbocycles. The largest absolute Gasteiger partial charge is 0.378 e. The number of ether oxygens (including phenoxy) is 1. The molecule has 0 spiro atoms. The summed E-state index contributed by atoms with van der Waals surface area (Å²) in [6.45, 7) is 4.41. The van der Waals surface area contributed by atoms with Crippen LogP contribution in [0.25, 0.3) is 0 Å². The molecular formula is C17H19N3O3. The molecule has 0 radical (unpaired) electrons. The predicted molar refractivity (Wildman–Crippen MR) is 88.2 cm³/mol. The molecule has 1 saturated heterocycles. The number of nitrogens with zero attached hydrogens (tertiary/aromatic N) is 1. The molecular weight excluding hydrogens is 294 g/mol. The van der Waals surface area contributed by atoms with Crippen LogP contribution < -0.4 is 10.2 Å². The van der Waals surface area contributed by atoms with Crippen LogP contribution in [0.5, 0.6) is 0 Å². The maximum absolute atomic E-state index is 12.4. The number of para-hydroxylation sites is 2. The second-order valence-electron chi connectivity index (χ2n) is 5.41. The van der Waals surface area contributed by atoms with Crippen molar-refractivity contribution < 1.29 is 14.3 Å². The summed E-state index contributed by atoms with van der Waals surface area (Å²) in [6.07, 6.45) is 0. The number of morpholine rings is 1. The molecule has 120 valence electrons. The lowest BCUT2D eigenvalue weighted by atomic mass is 10.2. The molecule has 0 atom stereocenters. The summed E-state index contributed by atoms with van der Waals surface area (Å²) >= 11 is 0. The van der Waals surface area contributed by atoms with Crippen LogP contribution in [0.2, 0.25) is 0 Å². The number of carbonyl (C=O) groups excluding carboxylic acids is 2. The Morgan fingerprint density at radius 2 is 1.78 bits per heavy atom. The summed E-state index contributed by atoms with van der Waals surface area (Å²) in [6, 6.07) is 10.9. The van der Waals surface area contributed by atoms with Gasteiger partial charge in [0.15, 0.2) is 5.78 Å². The number of Topliss-reactive ketones (excluding diaryl/α,β-unsaturated/α-hetero) is 1. The number of aromatic amines is 1. The molecule has 1 aliphatic rings. The fourth-order valence-electron chi connectivity index (χ4n) is 2.58. The zero-order valence-corrected chi connectivity index (χ0v) is 13.0. The smallest absolute Gasteiger partial charge is 0.272 e. The van der Waals surface area contributed by atoms with Crippen molar-refractivity contribution in [3.63, 3.8) is 0 Å². The third-order valence-corrected chi connectivity index (χ3v) is 3.81. The van der Waals surface area contributed by atoms with Gasteiger partial charge in [0, 0.05) is 20.0 Å². The van der Waals surface area contributed by atoms with E-state index >= 15 is 0 Å². The number of carbonyl (C=O) groups is 2. The highest BCUT2D eigenvalue weighted by atomic mass is 16.5. The monoisotopic (exact) mass is 313 g/mol. The first-order chi connectivity index (χ1) is 11.1. The molecule has 0 bridgehead atoms. The summed E-state index contributed by atoms with van der Waals surface area (Å²) in [5.41, 5.74) is 2.52. The van der Waals surface area contributed by atoms with Crippen molar-refractivity contribution in [2.45, 2.75) is 6.92 Å². The predicted octanol–water partition coefficient (Wildman–Crippen LogP) is 2.31. The first-order valence-corrected chi connectivity index (χ1v) is 7.58. The van der Waals surface area contributed by atoms with Crippen LogP contribution in [0.15, 0.2) is 36.4 Å². The van der Waals surface area contributed by atoms with Gasteiger partial charge in [-0.15, -0.1) is 0 Å². The lowest BCUT2D eigenvalue weighted by Crippen LogP contribution is -2.36. The number of rotatable bonds is 4. The zero-order valence-electron chi connectivity index (χ0n) is 13.0. The first-order valence-electron chi connectivity index (χ1n) is 7.58. The molecule has 6 heteroatoms. The van der Waals surface area contributed by atoms with Gasteiger partial charge in [-0.05, 0) is 24.3 Å². The quantitative estimate of drug-likeness (QED) is 0.850. The van der Waals surface area contributed by atoms with Gasteiger partial charge in [0.05, 0.1) is 30.3 Å². The SMILES string of the molecule is CC(=O)c1ccc(C(=O)Nc2ccccc2N2CCOCC2)[nH]1. The average Bonchev–Trinajstić information content (AvgIpc) is 3.07. The summed E-state index contributed by atoms with van der Waals surface area (Å²) in [4.78, 5) is 28.7. The Kier molecular flexibility index (Phi) is 4.43. The lowest BCUT2D eigenvalue weighted by Gasteiger charge is -2.30. The minimum Gasteiger partial charge on any atom is -0.378 e. The van der Waals surface area contributed by atoms with E-state index in [9.17, 15) is 9.59 Å². The van der Waals surface area contributed by atoms with Crippen molar-refractivity contribution in [1.82, 2.24) is 4.98 Å². The summed E-state index contributed by atoms with van der Waals surface area (Å²) in [5.74, 6) is -0.365. The van der Waals surface area contributed by atoms with E-state index in [1.807, 2.05) is 24.3 Å². The molecule has 23 heavy (non-hydrogen) atoms. The van der Waals surface area contributed by atoms with Crippen LogP contribution in [-0.4, -0.2) is 43.0 Å². The van der Waals surface area contributed by atoms with Gasteiger partial charge in [0.2, 0.25) is 0 Å². The Balaban J connectivity index is 1.79. The fourth-order valence-corrected chi connectivity index (χ4v) is 2.58. The molecule has 1 aromatic carbocycles. The minimum atomic E-state index is -0.266. The minimum absolute atomic E-state index is 0.0993. The van der Waals surface area contributed by atoms with Crippen LogP contribution in [0.1, 0.15) is 27.9 Å². The highest BCUT2D eigenvalue weighted by Crippen LogP contribution is 2.26. The maximum Gasteiger partial charge on any atom is 0.272 e. The molecule has 2 heterocycles. The summed E-state index contributed by atoms with van der Waals surface area (Å²) in [5, 5.41) is 2.91. The number of anilines is 2. The molecule has 2 N–H and O–H groups in total. The van der Waals surface area contributed by atoms with Crippen LogP contribution in [-0.2, 0) is 4.74 Å². The van der Waals surface area contributed by atoms with Gasteiger partial charge >= 0.3 is 0 Å². The lowest BCUT2D eigenvalue weighted by molar-refractivity contribution is 0.101. The number of benzene rings is 1. The molecule has 1 aromatic heterocycles. The normalized spacial score (nSPS) is 14.6. The Morgan fingerprint density at radius 3 is 2.48 bits per heavy atom. The van der Waals surface area contributed by atoms with Gasteiger partial charge in [-0.2, -0.15) is 0 Å². The van der Waals surface area contributed by atoms with Crippen molar-refractivity contribution >= 4 is 23.1 Å². The van der Waals surface area contributed by atoms with Gasteiger partial charge in [-0.25, -0.2) is 0 Å². The third-order valence-electron chi connectivity index (χ3n) is 3.81. The second kappa shape index (κ2) is 6.66. The standard InChI is InChI=1S/C17H19N3O3/c1-12(21)13-6-7-15(18-13)17(22)19-14-4-2-3-5-16(14)20-8-10-23-11-9-20/h2-7,18H,8-11H2,1H3,(H,19,22). The van der Waals surface area contributed by atoms with Crippen molar-refractivity contribution in [3.05, 3.63) is 47.8 Å². The van der Waals surface area contributed by atoms with Gasteiger partial charge in [0.25, 0.3) is 5.91 Å². The van der Waals surface area contributed by atoms with E-state index in [4.69, 9.17) is 4.74 Å². The molecule has 3 rings (SSSR count). The number of amides is 1. The summed E-state index contributed by atoms with van der Waals surface area (Å²) in [7, 11) is 0. The van der Waals surface area contributed by atoms with Gasteiger partial charge < -0.3 is 19.9 Å². The van der Waals surface area contributed by atoms with Crippen molar-refractivity contribution in [2.24, 2.45) is 0 Å². The second-order valence-corrected chi connectivity index (χ2v) is 5.41. The Bertz CT molecular complexity index is 717. The molecule has 1 amide bonds. The number of ketones is 1. The Labute approximate surface area is 134 Å². The fraction of sp³-hybridized carbons (Fsp3) is 0.294. The number of H-pyrrole nitrogens is 1. The van der Waals surface area contributed by atoms with Gasteiger partial charge in [-0.3, -0.25) is 9.59 Å². The summed E-state index contributed by atoms with van der Waals surface area (Å²) < 4.78 is 5.37. The average molecular weight is 313 g/mol. The van der Waals surface area contributed by atoms with Crippen LogP contribution >= 0.6 is 0 Å². The highest BCUT2D eigenvalue weighted by molar-refractivity contribution is 6.06. The van der Waals surface area contributed by atoms with Crippen LogP contribution in [0.4, 0.5) is 11.4 Å². The number of nitrogens with one attached hydrogen (secondary N) is 2. The molecule has 6 nitrogen and oxygen atoms in total. The number of hydrogen-bond donors (Lipinski definition) is 2. The molecule has 2 aromatic rings. The molecule has 0 unspecified atom stereocenters. The van der Waals surface area contributed by atoms with Crippen molar-refractivity contribution in [1.29, 1.82) is 0 Å². The van der Waals surface area contributed by atoms with Gasteiger partial charge in [0.1, 0.15) is 5.69 Å². The van der Waals surface area contributed by atoms with E-state index in [1.165, 1.54) is 6.92 Å². The highest BCUT2D eigenvalue weighted by Gasteiger charge is 2.17. The molecule has 1 fully saturated rings. The topological polar surface area (TPSA) is 74.4 Å². The van der Waals surface area contributed by atoms with Crippen LogP contribution in [0.3, 0.4) is 0 Å². The number of aromatic nitrogens is 1. The Hall–Kier alpha value is -2.60. The zero-order chi connectivity index (χ0) is 16.2. The Morgan fingerprint density at radius 1 is 1.09 bits per heavy atom. The van der Waals surface area contributed by atoms with Crippen LogP contribution in [0, 0.1) is 0 Å². The van der Waals surface area contributed by atoms with E-state index in [1.54, 1.807) is 12.1 Å². The van der Waals surface area contributed by atoms with E-state index in [2.05, 4.69) is 15.2 Å². The van der Waals surface area contributed by atoms with Crippen molar-refractivity contribution in [3.8, 4) is 0 Å². The van der Waals surface area contributed by atoms with E-state index in [0.717, 1.165) is 24.5 Å². The number of hydrogen-bond acceptors (Lipinski definition) is 4.